The molecular formula is C11H21NO7S. The molecule has 2 atom stereocenters. The molecule has 0 bridgehead atoms. The molecule has 4 N–H and O–H groups in total. The number of carboxylic acids is 1. The Morgan fingerprint density at radius 3 is 2.10 bits per heavy atom. The van der Waals surface area contributed by atoms with Crippen LogP contribution in [-0.4, -0.2) is 48.4 Å². The molecule has 0 aromatic carbocycles. The van der Waals surface area contributed by atoms with Gasteiger partial charge < -0.3 is 15.6 Å². The van der Waals surface area contributed by atoms with Crippen LogP contribution in [0.15, 0.2) is 12.2 Å². The maximum atomic E-state index is 10.7. The summed E-state index contributed by atoms with van der Waals surface area (Å²) in [5.74, 6) is -2.13. The van der Waals surface area contributed by atoms with Crippen molar-refractivity contribution < 1.29 is 32.4 Å². The third kappa shape index (κ3) is 11.6. The first-order valence-electron chi connectivity index (χ1n) is 5.74. The predicted octanol–water partition coefficient (Wildman–Crippen LogP) is 0.0478. The molecule has 118 valence electrons. The lowest BCUT2D eigenvalue weighted by Crippen LogP contribution is -2.25. The number of aliphatic carboxylic acids is 1. The number of carbonyl (C=O) groups excluding carboxylic acids is 1. The number of nitrogens with two attached hydrogens (primary N) is 1. The van der Waals surface area contributed by atoms with E-state index < -0.39 is 33.2 Å². The molecule has 0 saturated heterocycles. The molecule has 0 aliphatic rings. The summed E-state index contributed by atoms with van der Waals surface area (Å²) in [6, 6.07) is 0. The number of ether oxygens (including phenoxy) is 1. The van der Waals surface area contributed by atoms with Crippen LogP contribution in [-0.2, 0) is 24.4 Å². The minimum atomic E-state index is -3.88. The molecule has 0 saturated carbocycles. The summed E-state index contributed by atoms with van der Waals surface area (Å²) in [7, 11) is -3.88. The van der Waals surface area contributed by atoms with E-state index in [2.05, 4.69) is 4.74 Å². The highest BCUT2D eigenvalue weighted by molar-refractivity contribution is 7.86. The van der Waals surface area contributed by atoms with Crippen molar-refractivity contribution in [1.29, 1.82) is 0 Å². The second kappa shape index (κ2) is 10.4. The first kappa shape index (κ1) is 20.9. The number of hydrogen-bond donors (Lipinski definition) is 3. The Hall–Kier alpha value is -1.45. The van der Waals surface area contributed by atoms with Gasteiger partial charge in [-0.15, -0.1) is 0 Å². The number of esters is 1. The second-order valence-electron chi connectivity index (χ2n) is 3.93. The Labute approximate surface area is 118 Å². The van der Waals surface area contributed by atoms with E-state index in [1.54, 1.807) is 6.92 Å². The quantitative estimate of drug-likeness (QED) is 0.354. The fourth-order valence-corrected chi connectivity index (χ4v) is 0.827. The van der Waals surface area contributed by atoms with Crippen molar-refractivity contribution in [2.45, 2.75) is 26.0 Å². The molecule has 0 heterocycles. The minimum Gasteiger partial charge on any atom is -0.481 e. The molecule has 0 aromatic rings. The first-order chi connectivity index (χ1) is 9.06. The third-order valence-electron chi connectivity index (χ3n) is 2.04. The van der Waals surface area contributed by atoms with Crippen LogP contribution in [0.2, 0.25) is 0 Å². The van der Waals surface area contributed by atoms with Gasteiger partial charge in [0, 0.05) is 12.6 Å². The van der Waals surface area contributed by atoms with Crippen LogP contribution in [0.1, 0.15) is 20.8 Å². The van der Waals surface area contributed by atoms with Crippen LogP contribution in [0.4, 0.5) is 0 Å². The minimum absolute atomic E-state index is 0.0428. The van der Waals surface area contributed by atoms with Crippen molar-refractivity contribution >= 4 is 22.1 Å². The number of carboxylic acid groups (broad SMARTS) is 1. The van der Waals surface area contributed by atoms with Crippen LogP contribution >= 0.6 is 0 Å². The van der Waals surface area contributed by atoms with Gasteiger partial charge in [0.2, 0.25) is 0 Å². The molecule has 0 aromatic heterocycles. The van der Waals surface area contributed by atoms with Gasteiger partial charge in [-0.05, 0) is 20.8 Å². The van der Waals surface area contributed by atoms with Gasteiger partial charge in [-0.3, -0.25) is 9.35 Å². The molecule has 0 aliphatic carbocycles. The van der Waals surface area contributed by atoms with Gasteiger partial charge in [-0.1, -0.05) is 6.08 Å². The summed E-state index contributed by atoms with van der Waals surface area (Å²) >= 11 is 0. The summed E-state index contributed by atoms with van der Waals surface area (Å²) in [5.41, 5.74) is 4.92. The van der Waals surface area contributed by atoms with Crippen LogP contribution in [0.25, 0.3) is 0 Å². The summed E-state index contributed by atoms with van der Waals surface area (Å²) in [5, 5.41) is 7.57. The van der Waals surface area contributed by atoms with E-state index in [1.165, 1.54) is 26.0 Å². The highest BCUT2D eigenvalue weighted by Gasteiger charge is 2.13. The highest BCUT2D eigenvalue weighted by atomic mass is 32.2. The maximum Gasteiger partial charge on any atom is 0.330 e. The Balaban J connectivity index is 0. The molecule has 0 fully saturated rings. The summed E-state index contributed by atoms with van der Waals surface area (Å²) in [6.45, 7) is 4.37. The second-order valence-corrected chi connectivity index (χ2v) is 5.77. The zero-order chi connectivity index (χ0) is 16.3. The predicted molar refractivity (Wildman–Crippen MR) is 72.6 cm³/mol. The molecule has 0 aliphatic heterocycles. The van der Waals surface area contributed by atoms with Crippen molar-refractivity contribution in [2.24, 2.45) is 11.7 Å². The largest absolute Gasteiger partial charge is 0.481 e. The van der Waals surface area contributed by atoms with Crippen molar-refractivity contribution in [3.05, 3.63) is 12.2 Å². The maximum absolute atomic E-state index is 10.7. The Morgan fingerprint density at radius 2 is 1.85 bits per heavy atom. The van der Waals surface area contributed by atoms with Gasteiger partial charge >= 0.3 is 11.9 Å². The van der Waals surface area contributed by atoms with Crippen LogP contribution in [0.5, 0.6) is 0 Å². The van der Waals surface area contributed by atoms with E-state index >= 15 is 0 Å². The molecule has 0 rings (SSSR count). The van der Waals surface area contributed by atoms with Gasteiger partial charge in [0.15, 0.2) is 0 Å². The number of hydrogen-bond acceptors (Lipinski definition) is 6. The monoisotopic (exact) mass is 311 g/mol. The topological polar surface area (TPSA) is 144 Å². The molecule has 20 heavy (non-hydrogen) atoms. The van der Waals surface area contributed by atoms with Crippen LogP contribution in [0, 0.1) is 5.92 Å². The smallest absolute Gasteiger partial charge is 0.330 e. The Morgan fingerprint density at radius 1 is 1.35 bits per heavy atom. The van der Waals surface area contributed by atoms with Crippen molar-refractivity contribution in [3.8, 4) is 0 Å². The highest BCUT2D eigenvalue weighted by Crippen LogP contribution is 1.96. The molecule has 2 unspecified atom stereocenters. The zero-order valence-electron chi connectivity index (χ0n) is 11.6. The van der Waals surface area contributed by atoms with E-state index in [9.17, 15) is 18.0 Å². The van der Waals surface area contributed by atoms with E-state index in [0.717, 1.165) is 0 Å². The number of rotatable bonds is 6. The third-order valence-corrected chi connectivity index (χ3v) is 3.25. The molecule has 0 radical (unpaired) electrons. The fraction of sp³-hybridized carbons (Fsp3) is 0.636. The summed E-state index contributed by atoms with van der Waals surface area (Å²) in [6.07, 6.45) is 2.78. The van der Waals surface area contributed by atoms with Crippen molar-refractivity contribution in [1.82, 2.24) is 0 Å². The lowest BCUT2D eigenvalue weighted by molar-refractivity contribution is -0.147. The average Bonchev–Trinajstić information content (AvgIpc) is 2.34. The van der Waals surface area contributed by atoms with Gasteiger partial charge in [0.1, 0.15) is 6.61 Å². The SMILES string of the molecule is CC(CN)S(=O)(=O)O.CC=CC(=O)OCC(C)C(=O)O. The standard InChI is InChI=1S/C8H12O4.C3H9NO3S/c1-3-4-7(9)12-5-6(2)8(10)11;1-3(2-4)8(5,6)7/h3-4,6H,5H2,1-2H3,(H,10,11);3H,2,4H2,1H3,(H,5,6,7). The van der Waals surface area contributed by atoms with E-state index in [1.807, 2.05) is 0 Å². The molecule has 0 amide bonds. The molecule has 9 heteroatoms. The van der Waals surface area contributed by atoms with Gasteiger partial charge in [-0.2, -0.15) is 8.42 Å². The van der Waals surface area contributed by atoms with E-state index in [4.69, 9.17) is 15.4 Å². The van der Waals surface area contributed by atoms with Crippen molar-refractivity contribution in [3.63, 3.8) is 0 Å². The lowest BCUT2D eigenvalue weighted by Gasteiger charge is -2.04. The Kier molecular flexibility index (Phi) is 10.8. The van der Waals surface area contributed by atoms with E-state index in [0.29, 0.717) is 0 Å². The van der Waals surface area contributed by atoms with Gasteiger partial charge in [0.25, 0.3) is 10.1 Å². The van der Waals surface area contributed by atoms with Crippen molar-refractivity contribution in [2.75, 3.05) is 13.2 Å². The molecule has 8 nitrogen and oxygen atoms in total. The van der Waals surface area contributed by atoms with E-state index in [-0.39, 0.29) is 13.2 Å². The fourth-order valence-electron chi connectivity index (χ4n) is 0.584. The first-order valence-corrected chi connectivity index (χ1v) is 7.25. The number of carbonyl (C=O) groups is 2. The number of allylic oxidation sites excluding steroid dienone is 1. The Bertz CT molecular complexity index is 430. The molecular weight excluding hydrogens is 290 g/mol. The summed E-state index contributed by atoms with van der Waals surface area (Å²) in [4.78, 5) is 20.9. The van der Waals surface area contributed by atoms with Crippen LogP contribution < -0.4 is 5.73 Å². The lowest BCUT2D eigenvalue weighted by atomic mass is 10.2. The zero-order valence-corrected chi connectivity index (χ0v) is 12.5. The van der Waals surface area contributed by atoms with Gasteiger partial charge in [0.05, 0.1) is 11.2 Å². The normalized spacial score (nSPS) is 14.1. The summed E-state index contributed by atoms with van der Waals surface area (Å²) < 4.78 is 32.9. The van der Waals surface area contributed by atoms with Crippen LogP contribution in [0.3, 0.4) is 0 Å². The average molecular weight is 311 g/mol. The van der Waals surface area contributed by atoms with Gasteiger partial charge in [-0.25, -0.2) is 4.79 Å². The molecule has 0 spiro atoms.